The number of rotatable bonds is 5. The van der Waals surface area contributed by atoms with Gasteiger partial charge in [0.2, 0.25) is 5.89 Å². The summed E-state index contributed by atoms with van der Waals surface area (Å²) in [5, 5.41) is 3.62. The van der Waals surface area contributed by atoms with E-state index in [1.165, 1.54) is 38.9 Å². The molecule has 0 spiro atoms. The minimum absolute atomic E-state index is 0.812. The fourth-order valence-electron chi connectivity index (χ4n) is 2.51. The monoisotopic (exact) mass is 235 g/mol. The van der Waals surface area contributed by atoms with Crippen LogP contribution in [0.25, 0.3) is 0 Å². The maximum atomic E-state index is 5.52. The minimum Gasteiger partial charge on any atom is -0.445 e. The van der Waals surface area contributed by atoms with E-state index in [1.54, 1.807) is 6.20 Å². The van der Waals surface area contributed by atoms with Gasteiger partial charge in [-0.05, 0) is 45.2 Å². The number of hydrogen-bond donors (Lipinski definition) is 1. The summed E-state index contributed by atoms with van der Waals surface area (Å²) in [5.41, 5.74) is 0. The van der Waals surface area contributed by atoms with E-state index >= 15 is 0 Å². The first-order valence-electron chi connectivity index (χ1n) is 6.66. The van der Waals surface area contributed by atoms with Crippen molar-refractivity contribution in [2.75, 3.05) is 19.6 Å². The lowest BCUT2D eigenvalue weighted by Gasteiger charge is -2.14. The molecule has 0 radical (unpaired) electrons. The minimum atomic E-state index is 0.812. The average molecular weight is 235 g/mol. The van der Waals surface area contributed by atoms with Gasteiger partial charge in [-0.2, -0.15) is 0 Å². The third-order valence-corrected chi connectivity index (χ3v) is 3.67. The molecule has 4 nitrogen and oxygen atoms in total. The molecule has 1 saturated carbocycles. The van der Waals surface area contributed by atoms with Gasteiger partial charge in [0, 0.05) is 12.6 Å². The molecule has 1 aliphatic carbocycles. The Bertz CT molecular complexity index is 372. The zero-order chi connectivity index (χ0) is 11.7. The standard InChI is InChI=1S/C13H21N3O/c1-10-6-15-13(17-10)9-16-5-4-11(8-16)7-14-12-2-3-12/h6,11-12,14H,2-5,7-9H2,1H3. The van der Waals surface area contributed by atoms with E-state index in [0.717, 1.165) is 30.2 Å². The van der Waals surface area contributed by atoms with Gasteiger partial charge in [0.05, 0.1) is 12.7 Å². The molecular formula is C13H21N3O. The van der Waals surface area contributed by atoms with Crippen LogP contribution in [0.2, 0.25) is 0 Å². The number of likely N-dealkylation sites (tertiary alicyclic amines) is 1. The summed E-state index contributed by atoms with van der Waals surface area (Å²) in [4.78, 5) is 6.71. The fourth-order valence-corrected chi connectivity index (χ4v) is 2.51. The Morgan fingerprint density at radius 1 is 1.47 bits per heavy atom. The van der Waals surface area contributed by atoms with Crippen LogP contribution in [0, 0.1) is 12.8 Å². The molecule has 94 valence electrons. The predicted octanol–water partition coefficient (Wildman–Crippen LogP) is 1.56. The summed E-state index contributed by atoms with van der Waals surface area (Å²) >= 11 is 0. The Labute approximate surface area is 102 Å². The van der Waals surface area contributed by atoms with Crippen molar-refractivity contribution in [2.24, 2.45) is 5.92 Å². The molecule has 0 amide bonds. The first kappa shape index (κ1) is 11.2. The summed E-state index contributed by atoms with van der Waals surface area (Å²) in [6.07, 6.45) is 5.87. The zero-order valence-corrected chi connectivity index (χ0v) is 10.5. The van der Waals surface area contributed by atoms with Crippen LogP contribution in [0.3, 0.4) is 0 Å². The third kappa shape index (κ3) is 3.07. The van der Waals surface area contributed by atoms with Crippen LogP contribution in [-0.4, -0.2) is 35.6 Å². The highest BCUT2D eigenvalue weighted by Crippen LogP contribution is 2.22. The van der Waals surface area contributed by atoms with Crippen LogP contribution in [0.4, 0.5) is 0 Å². The molecule has 3 rings (SSSR count). The van der Waals surface area contributed by atoms with Crippen molar-refractivity contribution in [3.05, 3.63) is 17.8 Å². The third-order valence-electron chi connectivity index (χ3n) is 3.67. The molecule has 4 heteroatoms. The van der Waals surface area contributed by atoms with Crippen LogP contribution >= 0.6 is 0 Å². The normalized spacial score (nSPS) is 25.6. The van der Waals surface area contributed by atoms with E-state index < -0.39 is 0 Å². The van der Waals surface area contributed by atoms with E-state index in [9.17, 15) is 0 Å². The lowest BCUT2D eigenvalue weighted by Crippen LogP contribution is -2.27. The van der Waals surface area contributed by atoms with Gasteiger partial charge in [-0.25, -0.2) is 4.98 Å². The van der Waals surface area contributed by atoms with Crippen LogP contribution in [0.5, 0.6) is 0 Å². The lowest BCUT2D eigenvalue weighted by atomic mass is 10.1. The molecule has 2 fully saturated rings. The molecule has 1 atom stereocenters. The van der Waals surface area contributed by atoms with Crippen molar-refractivity contribution in [1.82, 2.24) is 15.2 Å². The number of nitrogens with zero attached hydrogens (tertiary/aromatic N) is 2. The van der Waals surface area contributed by atoms with Crippen LogP contribution in [0.15, 0.2) is 10.6 Å². The highest BCUT2D eigenvalue weighted by molar-refractivity contribution is 4.92. The van der Waals surface area contributed by atoms with E-state index in [2.05, 4.69) is 15.2 Å². The van der Waals surface area contributed by atoms with Gasteiger partial charge < -0.3 is 9.73 Å². The van der Waals surface area contributed by atoms with Crippen molar-refractivity contribution in [2.45, 2.75) is 38.8 Å². The van der Waals surface area contributed by atoms with Crippen molar-refractivity contribution in [3.8, 4) is 0 Å². The predicted molar refractivity (Wildman–Crippen MR) is 65.6 cm³/mol. The summed E-state index contributed by atoms with van der Waals surface area (Å²) in [6.45, 7) is 6.36. The van der Waals surface area contributed by atoms with Gasteiger partial charge in [-0.3, -0.25) is 4.90 Å². The summed E-state index contributed by atoms with van der Waals surface area (Å²) in [5.74, 6) is 2.58. The first-order valence-corrected chi connectivity index (χ1v) is 6.66. The van der Waals surface area contributed by atoms with Gasteiger partial charge in [0.1, 0.15) is 5.76 Å². The average Bonchev–Trinajstić information content (AvgIpc) is 2.90. The van der Waals surface area contributed by atoms with E-state index in [-0.39, 0.29) is 0 Å². The molecule has 1 aromatic heterocycles. The molecule has 17 heavy (non-hydrogen) atoms. The van der Waals surface area contributed by atoms with E-state index in [0.29, 0.717) is 0 Å². The maximum Gasteiger partial charge on any atom is 0.208 e. The van der Waals surface area contributed by atoms with Gasteiger partial charge >= 0.3 is 0 Å². The Morgan fingerprint density at radius 2 is 2.35 bits per heavy atom. The van der Waals surface area contributed by atoms with Crippen molar-refractivity contribution >= 4 is 0 Å². The number of aromatic nitrogens is 1. The van der Waals surface area contributed by atoms with Crippen molar-refractivity contribution in [3.63, 3.8) is 0 Å². The Balaban J connectivity index is 1.43. The highest BCUT2D eigenvalue weighted by Gasteiger charge is 2.26. The van der Waals surface area contributed by atoms with Crippen LogP contribution < -0.4 is 5.32 Å². The molecule has 1 N–H and O–H groups in total. The second-order valence-electron chi connectivity index (χ2n) is 5.44. The molecule has 1 aromatic rings. The quantitative estimate of drug-likeness (QED) is 0.841. The maximum absolute atomic E-state index is 5.52. The second kappa shape index (κ2) is 4.78. The van der Waals surface area contributed by atoms with Gasteiger partial charge in [0.25, 0.3) is 0 Å². The smallest absolute Gasteiger partial charge is 0.208 e. The molecular weight excluding hydrogens is 214 g/mol. The largest absolute Gasteiger partial charge is 0.445 e. The Kier molecular flexibility index (Phi) is 3.16. The van der Waals surface area contributed by atoms with Crippen molar-refractivity contribution < 1.29 is 4.42 Å². The molecule has 1 saturated heterocycles. The molecule has 2 aliphatic rings. The highest BCUT2D eigenvalue weighted by atomic mass is 16.4. The van der Waals surface area contributed by atoms with E-state index in [4.69, 9.17) is 4.42 Å². The lowest BCUT2D eigenvalue weighted by molar-refractivity contribution is 0.276. The summed E-state index contributed by atoms with van der Waals surface area (Å²) in [7, 11) is 0. The number of hydrogen-bond acceptors (Lipinski definition) is 4. The Hall–Kier alpha value is -0.870. The number of nitrogens with one attached hydrogen (secondary N) is 1. The topological polar surface area (TPSA) is 41.3 Å². The van der Waals surface area contributed by atoms with Crippen LogP contribution in [0.1, 0.15) is 30.9 Å². The summed E-state index contributed by atoms with van der Waals surface area (Å²) in [6, 6.07) is 0.832. The van der Waals surface area contributed by atoms with Gasteiger partial charge in [-0.1, -0.05) is 0 Å². The molecule has 1 aliphatic heterocycles. The number of aryl methyl sites for hydroxylation is 1. The fraction of sp³-hybridized carbons (Fsp3) is 0.769. The van der Waals surface area contributed by atoms with Crippen molar-refractivity contribution in [1.29, 1.82) is 0 Å². The number of oxazole rings is 1. The van der Waals surface area contributed by atoms with E-state index in [1.807, 2.05) is 6.92 Å². The molecule has 1 unspecified atom stereocenters. The van der Waals surface area contributed by atoms with Gasteiger partial charge in [0.15, 0.2) is 0 Å². The van der Waals surface area contributed by atoms with Crippen LogP contribution in [-0.2, 0) is 6.54 Å². The van der Waals surface area contributed by atoms with Gasteiger partial charge in [-0.15, -0.1) is 0 Å². The molecule has 0 aromatic carbocycles. The summed E-state index contributed by atoms with van der Waals surface area (Å²) < 4.78 is 5.52. The molecule has 0 bridgehead atoms. The molecule has 2 heterocycles. The second-order valence-corrected chi connectivity index (χ2v) is 5.44. The zero-order valence-electron chi connectivity index (χ0n) is 10.5. The Morgan fingerprint density at radius 3 is 3.06 bits per heavy atom. The first-order chi connectivity index (χ1) is 8.29. The SMILES string of the molecule is Cc1cnc(CN2CCC(CNC3CC3)C2)o1.